The number of hydrogen-bond acceptors (Lipinski definition) is 4. The van der Waals surface area contributed by atoms with Gasteiger partial charge in [0.05, 0.1) is 11.3 Å². The number of nitrogens with two attached hydrogens (primary N) is 1. The number of amides is 2. The van der Waals surface area contributed by atoms with Crippen molar-refractivity contribution in [3.05, 3.63) is 29.6 Å². The Morgan fingerprint density at radius 1 is 1.38 bits per heavy atom. The molecule has 1 fully saturated rings. The van der Waals surface area contributed by atoms with Crippen molar-refractivity contribution in [2.24, 2.45) is 5.73 Å². The van der Waals surface area contributed by atoms with E-state index in [-0.39, 0.29) is 11.5 Å². The first-order valence-electron chi connectivity index (χ1n) is 6.78. The lowest BCUT2D eigenvalue weighted by Gasteiger charge is -2.21. The predicted molar refractivity (Wildman–Crippen MR) is 81.9 cm³/mol. The first-order valence-corrected chi connectivity index (χ1v) is 7.82. The van der Waals surface area contributed by atoms with Crippen LogP contribution in [-0.4, -0.2) is 35.9 Å². The maximum Gasteiger partial charge on any atom is 0.251 e. The summed E-state index contributed by atoms with van der Waals surface area (Å²) in [6.07, 6.45) is 2.11. The lowest BCUT2D eigenvalue weighted by Crippen LogP contribution is -2.30. The zero-order chi connectivity index (χ0) is 15.2. The Bertz CT molecular complexity index is 533. The maximum atomic E-state index is 13.3. The number of primary amides is 1. The van der Waals surface area contributed by atoms with Crippen LogP contribution in [0.2, 0.25) is 0 Å². The number of piperidine rings is 1. The lowest BCUT2D eigenvalue weighted by atomic mass is 10.2. The summed E-state index contributed by atoms with van der Waals surface area (Å²) in [5, 5.41) is 6.42. The zero-order valence-corrected chi connectivity index (χ0v) is 12.3. The molecule has 2 rings (SSSR count). The quantitative estimate of drug-likeness (QED) is 0.766. The Balaban J connectivity index is 1.87. The molecule has 0 aromatic heterocycles. The molecule has 0 atom stereocenters. The van der Waals surface area contributed by atoms with E-state index >= 15 is 0 Å². The highest BCUT2D eigenvalue weighted by molar-refractivity contribution is 8.00. The third kappa shape index (κ3) is 4.71. The highest BCUT2D eigenvalue weighted by Crippen LogP contribution is 2.20. The van der Waals surface area contributed by atoms with Crippen LogP contribution in [0.4, 0.5) is 10.1 Å². The number of benzene rings is 1. The molecule has 1 aromatic rings. The minimum absolute atomic E-state index is 0.166. The summed E-state index contributed by atoms with van der Waals surface area (Å²) in [7, 11) is 0. The van der Waals surface area contributed by atoms with Gasteiger partial charge >= 0.3 is 0 Å². The number of carbonyl (C=O) groups is 2. The van der Waals surface area contributed by atoms with Crippen molar-refractivity contribution in [3.63, 3.8) is 0 Å². The largest absolute Gasteiger partial charge is 0.366 e. The first-order chi connectivity index (χ1) is 10.1. The van der Waals surface area contributed by atoms with E-state index in [2.05, 4.69) is 10.6 Å². The molecule has 0 spiro atoms. The van der Waals surface area contributed by atoms with Crippen LogP contribution in [0, 0.1) is 5.82 Å². The SMILES string of the molecule is NC(=O)c1cc(NC(=O)CSC2CCNCC2)ccc1F. The average molecular weight is 311 g/mol. The summed E-state index contributed by atoms with van der Waals surface area (Å²) in [5.74, 6) is -1.37. The fourth-order valence-corrected chi connectivity index (χ4v) is 3.17. The molecule has 1 aliphatic heterocycles. The lowest BCUT2D eigenvalue weighted by molar-refractivity contribution is -0.113. The summed E-state index contributed by atoms with van der Waals surface area (Å²) in [5.41, 5.74) is 5.22. The van der Waals surface area contributed by atoms with E-state index in [1.807, 2.05) is 0 Å². The van der Waals surface area contributed by atoms with Crippen molar-refractivity contribution in [2.45, 2.75) is 18.1 Å². The predicted octanol–water partition coefficient (Wildman–Crippen LogP) is 1.35. The molecule has 1 aliphatic rings. The van der Waals surface area contributed by atoms with Crippen molar-refractivity contribution in [3.8, 4) is 0 Å². The van der Waals surface area contributed by atoms with Crippen LogP contribution in [0.15, 0.2) is 18.2 Å². The normalized spacial score (nSPS) is 15.7. The Kier molecular flexibility index (Phi) is 5.58. The van der Waals surface area contributed by atoms with Crippen LogP contribution in [-0.2, 0) is 4.79 Å². The van der Waals surface area contributed by atoms with Crippen molar-refractivity contribution in [1.82, 2.24) is 5.32 Å². The summed E-state index contributed by atoms with van der Waals surface area (Å²) in [4.78, 5) is 22.9. The number of nitrogens with one attached hydrogen (secondary N) is 2. The van der Waals surface area contributed by atoms with E-state index < -0.39 is 11.7 Å². The zero-order valence-electron chi connectivity index (χ0n) is 11.5. The maximum absolute atomic E-state index is 13.3. The first kappa shape index (κ1) is 15.8. The number of anilines is 1. The number of hydrogen-bond donors (Lipinski definition) is 3. The van der Waals surface area contributed by atoms with E-state index in [9.17, 15) is 14.0 Å². The molecule has 114 valence electrons. The third-order valence-electron chi connectivity index (χ3n) is 3.25. The van der Waals surface area contributed by atoms with Gasteiger partial charge in [0.2, 0.25) is 5.91 Å². The Morgan fingerprint density at radius 2 is 2.10 bits per heavy atom. The molecule has 7 heteroatoms. The smallest absolute Gasteiger partial charge is 0.251 e. The van der Waals surface area contributed by atoms with E-state index in [4.69, 9.17) is 5.73 Å². The number of carbonyl (C=O) groups excluding carboxylic acids is 2. The van der Waals surface area contributed by atoms with Gasteiger partial charge in [-0.25, -0.2) is 4.39 Å². The number of halogens is 1. The molecule has 2 amide bonds. The molecular formula is C14H18FN3O2S. The molecule has 0 aliphatic carbocycles. The van der Waals surface area contributed by atoms with Gasteiger partial charge in [-0.2, -0.15) is 0 Å². The van der Waals surface area contributed by atoms with E-state index in [0.29, 0.717) is 16.7 Å². The minimum atomic E-state index is -0.854. The fraction of sp³-hybridized carbons (Fsp3) is 0.429. The molecule has 1 heterocycles. The average Bonchev–Trinajstić information content (AvgIpc) is 2.48. The molecule has 0 saturated carbocycles. The van der Waals surface area contributed by atoms with Crippen LogP contribution in [0.1, 0.15) is 23.2 Å². The molecule has 0 bridgehead atoms. The molecule has 4 N–H and O–H groups in total. The Hall–Kier alpha value is -1.60. The van der Waals surface area contributed by atoms with Gasteiger partial charge in [0.15, 0.2) is 0 Å². The van der Waals surface area contributed by atoms with E-state index in [1.54, 1.807) is 11.8 Å². The van der Waals surface area contributed by atoms with Crippen LogP contribution in [0.5, 0.6) is 0 Å². The van der Waals surface area contributed by atoms with Crippen molar-refractivity contribution < 1.29 is 14.0 Å². The van der Waals surface area contributed by atoms with Crippen LogP contribution in [0.3, 0.4) is 0 Å². The molecule has 1 saturated heterocycles. The van der Waals surface area contributed by atoms with E-state index in [0.717, 1.165) is 32.0 Å². The molecular weight excluding hydrogens is 293 g/mol. The molecule has 21 heavy (non-hydrogen) atoms. The van der Waals surface area contributed by atoms with Gasteiger partial charge in [0.25, 0.3) is 5.91 Å². The Labute approximate surface area is 126 Å². The van der Waals surface area contributed by atoms with Crippen molar-refractivity contribution in [1.29, 1.82) is 0 Å². The van der Waals surface area contributed by atoms with Crippen molar-refractivity contribution >= 4 is 29.3 Å². The Morgan fingerprint density at radius 3 is 2.76 bits per heavy atom. The summed E-state index contributed by atoms with van der Waals surface area (Å²) < 4.78 is 13.3. The van der Waals surface area contributed by atoms with Crippen molar-refractivity contribution in [2.75, 3.05) is 24.2 Å². The monoisotopic (exact) mass is 311 g/mol. The molecule has 5 nitrogen and oxygen atoms in total. The number of thioether (sulfide) groups is 1. The van der Waals surface area contributed by atoms with E-state index in [1.165, 1.54) is 12.1 Å². The highest BCUT2D eigenvalue weighted by atomic mass is 32.2. The van der Waals surface area contributed by atoms with Gasteiger partial charge in [-0.3, -0.25) is 9.59 Å². The molecule has 1 aromatic carbocycles. The summed E-state index contributed by atoms with van der Waals surface area (Å²) in [6, 6.07) is 3.79. The number of rotatable bonds is 5. The topological polar surface area (TPSA) is 84.2 Å². The van der Waals surface area contributed by atoms with Gasteiger partial charge in [0, 0.05) is 10.9 Å². The fourth-order valence-electron chi connectivity index (χ4n) is 2.14. The third-order valence-corrected chi connectivity index (χ3v) is 4.62. The molecule has 0 radical (unpaired) electrons. The van der Waals surface area contributed by atoms with Gasteiger partial charge in [-0.05, 0) is 44.1 Å². The second-order valence-electron chi connectivity index (χ2n) is 4.87. The van der Waals surface area contributed by atoms with Gasteiger partial charge in [-0.15, -0.1) is 11.8 Å². The summed E-state index contributed by atoms with van der Waals surface area (Å²) in [6.45, 7) is 1.97. The minimum Gasteiger partial charge on any atom is -0.366 e. The second-order valence-corrected chi connectivity index (χ2v) is 6.16. The van der Waals surface area contributed by atoms with Gasteiger partial charge in [-0.1, -0.05) is 0 Å². The van der Waals surface area contributed by atoms with Crippen LogP contribution < -0.4 is 16.4 Å². The molecule has 0 unspecified atom stereocenters. The summed E-state index contributed by atoms with van der Waals surface area (Å²) >= 11 is 1.62. The standard InChI is InChI=1S/C14H18FN3O2S/c15-12-2-1-9(7-11(12)14(16)20)18-13(19)8-21-10-3-5-17-6-4-10/h1-2,7,10,17H,3-6,8H2,(H2,16,20)(H,18,19). The highest BCUT2D eigenvalue weighted by Gasteiger charge is 2.15. The second kappa shape index (κ2) is 7.42. The van der Waals surface area contributed by atoms with Gasteiger partial charge in [0.1, 0.15) is 5.82 Å². The van der Waals surface area contributed by atoms with Crippen LogP contribution in [0.25, 0.3) is 0 Å². The van der Waals surface area contributed by atoms with Crippen LogP contribution >= 0.6 is 11.8 Å². The van der Waals surface area contributed by atoms with Gasteiger partial charge < -0.3 is 16.4 Å².